The minimum atomic E-state index is -3.66. The molecule has 6 nitrogen and oxygen atoms in total. The fourth-order valence-electron chi connectivity index (χ4n) is 4.42. The number of nitrogens with one attached hydrogen (secondary N) is 2. The van der Waals surface area contributed by atoms with Gasteiger partial charge in [0.2, 0.25) is 15.9 Å². The van der Waals surface area contributed by atoms with Crippen molar-refractivity contribution in [2.45, 2.75) is 50.3 Å². The summed E-state index contributed by atoms with van der Waals surface area (Å²) in [6, 6.07) is 16.8. The van der Waals surface area contributed by atoms with Crippen LogP contribution in [0.3, 0.4) is 0 Å². The molecule has 0 saturated heterocycles. The molecule has 4 rings (SSSR count). The molecule has 1 aromatic heterocycles. The molecule has 3 aromatic rings. The van der Waals surface area contributed by atoms with Gasteiger partial charge in [0.05, 0.1) is 5.52 Å². The second kappa shape index (κ2) is 10.0. The van der Waals surface area contributed by atoms with Crippen LogP contribution >= 0.6 is 0 Å². The fourth-order valence-corrected chi connectivity index (χ4v) is 5.72. The van der Waals surface area contributed by atoms with Gasteiger partial charge in [-0.2, -0.15) is 0 Å². The standard InChI is InChI=1S/C26H31N3O3S/c1-18(2)20-12-14-23(15-13-20)29-26(30)22-10-8-19(9-11-22)17-28-33(31,32)24-7-3-5-21-6-4-16-27-25(21)24/h3-7,12-16,18-19,22,28H,8-11,17H2,1-2H3,(H,29,30). The van der Waals surface area contributed by atoms with E-state index >= 15 is 0 Å². The molecule has 1 saturated carbocycles. The van der Waals surface area contributed by atoms with Gasteiger partial charge in [-0.15, -0.1) is 0 Å². The highest BCUT2D eigenvalue weighted by Gasteiger charge is 2.28. The molecule has 1 aliphatic carbocycles. The van der Waals surface area contributed by atoms with Crippen molar-refractivity contribution in [2.75, 3.05) is 11.9 Å². The molecule has 1 heterocycles. The number of amides is 1. The molecule has 0 spiro atoms. The van der Waals surface area contributed by atoms with Gasteiger partial charge in [-0.25, -0.2) is 13.1 Å². The van der Waals surface area contributed by atoms with Crippen LogP contribution in [0.25, 0.3) is 10.9 Å². The number of aromatic nitrogens is 1. The van der Waals surface area contributed by atoms with E-state index in [0.717, 1.165) is 36.8 Å². The summed E-state index contributed by atoms with van der Waals surface area (Å²) in [6.45, 7) is 4.66. The van der Waals surface area contributed by atoms with E-state index in [1.165, 1.54) is 5.56 Å². The van der Waals surface area contributed by atoms with Gasteiger partial charge in [0.25, 0.3) is 0 Å². The van der Waals surface area contributed by atoms with E-state index in [0.29, 0.717) is 18.0 Å². The molecule has 0 atom stereocenters. The number of para-hydroxylation sites is 1. The van der Waals surface area contributed by atoms with E-state index < -0.39 is 10.0 Å². The summed E-state index contributed by atoms with van der Waals surface area (Å²) >= 11 is 0. The Morgan fingerprint density at radius 3 is 2.39 bits per heavy atom. The van der Waals surface area contributed by atoms with Crippen LogP contribution in [0.1, 0.15) is 51.0 Å². The predicted octanol–water partition coefficient (Wildman–Crippen LogP) is 5.08. The van der Waals surface area contributed by atoms with Crippen LogP contribution in [0.5, 0.6) is 0 Å². The van der Waals surface area contributed by atoms with E-state index in [4.69, 9.17) is 0 Å². The first-order valence-electron chi connectivity index (χ1n) is 11.6. The lowest BCUT2D eigenvalue weighted by molar-refractivity contribution is -0.121. The van der Waals surface area contributed by atoms with Crippen molar-refractivity contribution in [1.82, 2.24) is 9.71 Å². The predicted molar refractivity (Wildman–Crippen MR) is 132 cm³/mol. The summed E-state index contributed by atoms with van der Waals surface area (Å²) in [7, 11) is -3.66. The molecule has 0 bridgehead atoms. The zero-order chi connectivity index (χ0) is 23.4. The van der Waals surface area contributed by atoms with Crippen molar-refractivity contribution >= 4 is 32.5 Å². The molecule has 1 amide bonds. The van der Waals surface area contributed by atoms with Crippen molar-refractivity contribution < 1.29 is 13.2 Å². The summed E-state index contributed by atoms with van der Waals surface area (Å²) in [4.78, 5) is 17.2. The molecule has 174 valence electrons. The molecule has 0 unspecified atom stereocenters. The van der Waals surface area contributed by atoms with Gasteiger partial charge >= 0.3 is 0 Å². The van der Waals surface area contributed by atoms with E-state index in [1.54, 1.807) is 24.4 Å². The van der Waals surface area contributed by atoms with Crippen molar-refractivity contribution in [3.8, 4) is 0 Å². The Balaban J connectivity index is 1.29. The molecule has 0 aliphatic heterocycles. The highest BCUT2D eigenvalue weighted by Crippen LogP contribution is 2.30. The van der Waals surface area contributed by atoms with Crippen LogP contribution in [0, 0.1) is 11.8 Å². The zero-order valence-corrected chi connectivity index (χ0v) is 19.9. The summed E-state index contributed by atoms with van der Waals surface area (Å²) in [5.41, 5.74) is 2.55. The van der Waals surface area contributed by atoms with Crippen molar-refractivity contribution in [2.24, 2.45) is 11.8 Å². The molecule has 1 fully saturated rings. The van der Waals surface area contributed by atoms with Gasteiger partial charge in [-0.1, -0.05) is 44.2 Å². The lowest BCUT2D eigenvalue weighted by atomic mass is 9.81. The molecular formula is C26H31N3O3S. The highest BCUT2D eigenvalue weighted by atomic mass is 32.2. The quantitative estimate of drug-likeness (QED) is 0.509. The Morgan fingerprint density at radius 1 is 1.00 bits per heavy atom. The Labute approximate surface area is 195 Å². The third-order valence-electron chi connectivity index (χ3n) is 6.51. The number of hydrogen-bond acceptors (Lipinski definition) is 4. The fraction of sp³-hybridized carbons (Fsp3) is 0.385. The van der Waals surface area contributed by atoms with Crippen LogP contribution in [0.15, 0.2) is 65.7 Å². The third-order valence-corrected chi connectivity index (χ3v) is 7.96. The summed E-state index contributed by atoms with van der Waals surface area (Å²) in [6.07, 6.45) is 4.77. The second-order valence-corrected chi connectivity index (χ2v) is 10.9. The van der Waals surface area contributed by atoms with Crippen LogP contribution in [0.4, 0.5) is 5.69 Å². The zero-order valence-electron chi connectivity index (χ0n) is 19.1. The summed E-state index contributed by atoms with van der Waals surface area (Å²) < 4.78 is 28.6. The first kappa shape index (κ1) is 23.4. The second-order valence-electron chi connectivity index (χ2n) is 9.17. The minimum absolute atomic E-state index is 0.0371. The molecular weight excluding hydrogens is 434 g/mol. The maximum Gasteiger partial charge on any atom is 0.242 e. The lowest BCUT2D eigenvalue weighted by Gasteiger charge is -2.28. The van der Waals surface area contributed by atoms with Crippen LogP contribution in [-0.2, 0) is 14.8 Å². The topological polar surface area (TPSA) is 88.2 Å². The van der Waals surface area contributed by atoms with Gasteiger partial charge in [0.15, 0.2) is 0 Å². The number of fused-ring (bicyclic) bond motifs is 1. The normalized spacial score (nSPS) is 19.0. The molecule has 0 radical (unpaired) electrons. The molecule has 33 heavy (non-hydrogen) atoms. The number of benzene rings is 2. The number of carbonyl (C=O) groups is 1. The number of rotatable bonds is 7. The maximum atomic E-state index is 12.9. The average molecular weight is 466 g/mol. The monoisotopic (exact) mass is 465 g/mol. The molecule has 1 aliphatic rings. The highest BCUT2D eigenvalue weighted by molar-refractivity contribution is 7.89. The Kier molecular flexibility index (Phi) is 7.10. The number of sulfonamides is 1. The van der Waals surface area contributed by atoms with Crippen molar-refractivity contribution in [1.29, 1.82) is 0 Å². The first-order chi connectivity index (χ1) is 15.8. The number of carbonyl (C=O) groups excluding carboxylic acids is 1. The maximum absolute atomic E-state index is 12.9. The first-order valence-corrected chi connectivity index (χ1v) is 13.1. The van der Waals surface area contributed by atoms with E-state index in [2.05, 4.69) is 41.0 Å². The number of pyridine rings is 1. The summed E-state index contributed by atoms with van der Waals surface area (Å²) in [5, 5.41) is 3.83. The minimum Gasteiger partial charge on any atom is -0.326 e. The van der Waals surface area contributed by atoms with Crippen LogP contribution < -0.4 is 10.0 Å². The number of anilines is 1. The largest absolute Gasteiger partial charge is 0.326 e. The van der Waals surface area contributed by atoms with E-state index in [-0.39, 0.29) is 22.6 Å². The molecule has 2 aromatic carbocycles. The van der Waals surface area contributed by atoms with Gasteiger partial charge in [0.1, 0.15) is 4.90 Å². The Bertz CT molecular complexity index is 1210. The summed E-state index contributed by atoms with van der Waals surface area (Å²) in [5.74, 6) is 0.689. The Morgan fingerprint density at radius 2 is 1.70 bits per heavy atom. The van der Waals surface area contributed by atoms with Gasteiger partial charge in [-0.3, -0.25) is 9.78 Å². The SMILES string of the molecule is CC(C)c1ccc(NC(=O)C2CCC(CNS(=O)(=O)c3cccc4cccnc34)CC2)cc1. The number of nitrogens with zero attached hydrogens (tertiary/aromatic N) is 1. The lowest BCUT2D eigenvalue weighted by Crippen LogP contribution is -2.33. The van der Waals surface area contributed by atoms with Crippen LogP contribution in [-0.4, -0.2) is 25.9 Å². The average Bonchev–Trinajstić information content (AvgIpc) is 2.83. The third kappa shape index (κ3) is 5.60. The van der Waals surface area contributed by atoms with Crippen molar-refractivity contribution in [3.05, 3.63) is 66.4 Å². The van der Waals surface area contributed by atoms with Gasteiger partial charge in [-0.05, 0) is 67.3 Å². The smallest absolute Gasteiger partial charge is 0.242 e. The molecule has 2 N–H and O–H groups in total. The molecule has 7 heteroatoms. The number of hydrogen-bond donors (Lipinski definition) is 2. The van der Waals surface area contributed by atoms with E-state index in [9.17, 15) is 13.2 Å². The van der Waals surface area contributed by atoms with Crippen molar-refractivity contribution in [3.63, 3.8) is 0 Å². The van der Waals surface area contributed by atoms with Gasteiger partial charge < -0.3 is 5.32 Å². The van der Waals surface area contributed by atoms with E-state index in [1.807, 2.05) is 24.3 Å². The van der Waals surface area contributed by atoms with Gasteiger partial charge in [0, 0.05) is 29.7 Å². The van der Waals surface area contributed by atoms with Crippen LogP contribution in [0.2, 0.25) is 0 Å². The Hall–Kier alpha value is -2.77.